The molecule has 5 heteroatoms. The Bertz CT molecular complexity index is 604. The van der Waals surface area contributed by atoms with Crippen LogP contribution in [0.25, 0.3) is 0 Å². The fourth-order valence-electron chi connectivity index (χ4n) is 1.86. The molecular formula is C15H14Cl2FNO. The first-order chi connectivity index (χ1) is 9.61. The molecule has 0 bridgehead atoms. The van der Waals surface area contributed by atoms with Crippen LogP contribution in [0.5, 0.6) is 5.75 Å². The predicted molar refractivity (Wildman–Crippen MR) is 80.0 cm³/mol. The van der Waals surface area contributed by atoms with E-state index >= 15 is 0 Å². The van der Waals surface area contributed by atoms with Gasteiger partial charge in [0.05, 0.1) is 5.02 Å². The van der Waals surface area contributed by atoms with E-state index in [9.17, 15) is 4.39 Å². The Balaban J connectivity index is 2.16. The van der Waals surface area contributed by atoms with Crippen molar-refractivity contribution in [3.63, 3.8) is 0 Å². The molecule has 0 aromatic heterocycles. The van der Waals surface area contributed by atoms with Crippen molar-refractivity contribution in [1.29, 1.82) is 0 Å². The lowest BCUT2D eigenvalue weighted by Gasteiger charge is -2.12. The Morgan fingerprint density at radius 2 is 1.90 bits per heavy atom. The Hall–Kier alpha value is -1.29. The highest BCUT2D eigenvalue weighted by atomic mass is 35.5. The zero-order chi connectivity index (χ0) is 14.5. The molecule has 2 aromatic rings. The Kier molecular flexibility index (Phi) is 5.24. The molecule has 0 saturated carbocycles. The fourth-order valence-corrected chi connectivity index (χ4v) is 2.23. The van der Waals surface area contributed by atoms with Crippen molar-refractivity contribution >= 4 is 23.2 Å². The van der Waals surface area contributed by atoms with Gasteiger partial charge in [-0.3, -0.25) is 0 Å². The maximum absolute atomic E-state index is 13.3. The number of hydrogen-bond acceptors (Lipinski definition) is 2. The third kappa shape index (κ3) is 3.63. The van der Waals surface area contributed by atoms with Crippen LogP contribution in [0.4, 0.5) is 4.39 Å². The van der Waals surface area contributed by atoms with Crippen LogP contribution in [-0.2, 0) is 13.0 Å². The van der Waals surface area contributed by atoms with Gasteiger partial charge >= 0.3 is 0 Å². The van der Waals surface area contributed by atoms with Gasteiger partial charge in [-0.25, -0.2) is 4.39 Å². The minimum absolute atomic E-state index is 0.0850. The molecule has 2 rings (SSSR count). The molecule has 0 atom stereocenters. The van der Waals surface area contributed by atoms with E-state index in [4.69, 9.17) is 33.7 Å². The summed E-state index contributed by atoms with van der Waals surface area (Å²) in [6.07, 6.45) is 0.660. The van der Waals surface area contributed by atoms with Crippen LogP contribution in [0, 0.1) is 5.82 Å². The van der Waals surface area contributed by atoms with E-state index in [1.807, 2.05) is 6.07 Å². The first-order valence-electron chi connectivity index (χ1n) is 6.16. The van der Waals surface area contributed by atoms with Crippen LogP contribution in [0.1, 0.15) is 11.1 Å². The highest BCUT2D eigenvalue weighted by molar-refractivity contribution is 6.31. The molecule has 0 aliphatic heterocycles. The number of rotatable bonds is 5. The normalized spacial score (nSPS) is 10.6. The molecule has 20 heavy (non-hydrogen) atoms. The van der Waals surface area contributed by atoms with Crippen LogP contribution < -0.4 is 10.5 Å². The number of ether oxygens (including phenoxy) is 1. The molecule has 0 amide bonds. The lowest BCUT2D eigenvalue weighted by atomic mass is 10.1. The molecule has 106 valence electrons. The monoisotopic (exact) mass is 313 g/mol. The minimum Gasteiger partial charge on any atom is -0.489 e. The lowest BCUT2D eigenvalue weighted by molar-refractivity contribution is 0.302. The van der Waals surface area contributed by atoms with Crippen molar-refractivity contribution in [1.82, 2.24) is 0 Å². The summed E-state index contributed by atoms with van der Waals surface area (Å²) in [4.78, 5) is 0. The van der Waals surface area contributed by atoms with Crippen LogP contribution in [0.15, 0.2) is 36.4 Å². The molecule has 0 unspecified atom stereocenters. The van der Waals surface area contributed by atoms with Crippen LogP contribution in [0.3, 0.4) is 0 Å². The van der Waals surface area contributed by atoms with E-state index in [0.29, 0.717) is 29.3 Å². The van der Waals surface area contributed by atoms with E-state index in [0.717, 1.165) is 5.56 Å². The molecule has 2 aromatic carbocycles. The first kappa shape index (κ1) is 15.1. The molecule has 0 aliphatic rings. The van der Waals surface area contributed by atoms with Crippen molar-refractivity contribution in [3.05, 3.63) is 63.4 Å². The average Bonchev–Trinajstić information content (AvgIpc) is 2.42. The van der Waals surface area contributed by atoms with E-state index < -0.39 is 5.82 Å². The molecule has 0 saturated heterocycles. The molecule has 0 radical (unpaired) electrons. The Morgan fingerprint density at radius 1 is 1.10 bits per heavy atom. The summed E-state index contributed by atoms with van der Waals surface area (Å²) in [6, 6.07) is 9.97. The van der Waals surface area contributed by atoms with Gasteiger partial charge in [-0.05, 0) is 42.8 Å². The lowest BCUT2D eigenvalue weighted by Crippen LogP contribution is -2.06. The second-order valence-corrected chi connectivity index (χ2v) is 5.11. The van der Waals surface area contributed by atoms with Gasteiger partial charge in [0.2, 0.25) is 0 Å². The summed E-state index contributed by atoms with van der Waals surface area (Å²) in [5, 5.41) is 0.714. The van der Waals surface area contributed by atoms with Crippen molar-refractivity contribution in [2.24, 2.45) is 5.73 Å². The number of benzene rings is 2. The van der Waals surface area contributed by atoms with Crippen LogP contribution >= 0.6 is 23.2 Å². The molecule has 0 heterocycles. The van der Waals surface area contributed by atoms with Gasteiger partial charge in [0, 0.05) is 10.6 Å². The molecule has 0 aliphatic carbocycles. The summed E-state index contributed by atoms with van der Waals surface area (Å²) in [5.41, 5.74) is 7.08. The van der Waals surface area contributed by atoms with Crippen molar-refractivity contribution < 1.29 is 9.13 Å². The Morgan fingerprint density at radius 3 is 2.65 bits per heavy atom. The van der Waals surface area contributed by atoms with Gasteiger partial charge < -0.3 is 10.5 Å². The molecule has 2 N–H and O–H groups in total. The highest BCUT2D eigenvalue weighted by Crippen LogP contribution is 2.26. The first-order valence-corrected chi connectivity index (χ1v) is 6.91. The van der Waals surface area contributed by atoms with Gasteiger partial charge in [0.1, 0.15) is 18.2 Å². The van der Waals surface area contributed by atoms with Gasteiger partial charge in [0.25, 0.3) is 0 Å². The summed E-state index contributed by atoms with van der Waals surface area (Å²) in [6.45, 7) is 0.688. The zero-order valence-corrected chi connectivity index (χ0v) is 12.2. The van der Waals surface area contributed by atoms with Crippen molar-refractivity contribution in [2.75, 3.05) is 6.54 Å². The van der Waals surface area contributed by atoms with E-state index in [1.54, 1.807) is 24.3 Å². The third-order valence-corrected chi connectivity index (χ3v) is 3.51. The average molecular weight is 314 g/mol. The number of nitrogens with two attached hydrogens (primary N) is 1. The Labute approximate surface area is 127 Å². The highest BCUT2D eigenvalue weighted by Gasteiger charge is 2.08. The van der Waals surface area contributed by atoms with Gasteiger partial charge in [0.15, 0.2) is 0 Å². The zero-order valence-electron chi connectivity index (χ0n) is 10.7. The predicted octanol–water partition coefficient (Wildman–Crippen LogP) is 4.21. The van der Waals surface area contributed by atoms with Gasteiger partial charge in [-0.15, -0.1) is 0 Å². The van der Waals surface area contributed by atoms with Gasteiger partial charge in [-0.2, -0.15) is 0 Å². The fraction of sp³-hybridized carbons (Fsp3) is 0.200. The van der Waals surface area contributed by atoms with E-state index in [2.05, 4.69) is 0 Å². The molecular weight excluding hydrogens is 300 g/mol. The van der Waals surface area contributed by atoms with E-state index in [1.165, 1.54) is 6.07 Å². The molecule has 2 nitrogen and oxygen atoms in total. The van der Waals surface area contributed by atoms with Crippen LogP contribution in [0.2, 0.25) is 10.0 Å². The quantitative estimate of drug-likeness (QED) is 0.897. The van der Waals surface area contributed by atoms with Crippen LogP contribution in [-0.4, -0.2) is 6.54 Å². The number of hydrogen-bond donors (Lipinski definition) is 1. The largest absolute Gasteiger partial charge is 0.489 e. The van der Waals surface area contributed by atoms with E-state index in [-0.39, 0.29) is 11.6 Å². The SMILES string of the molecule is NCCc1cc(Cl)ccc1OCc1cccc(F)c1Cl. The smallest absolute Gasteiger partial charge is 0.142 e. The molecule has 0 spiro atoms. The maximum Gasteiger partial charge on any atom is 0.142 e. The maximum atomic E-state index is 13.3. The summed E-state index contributed by atoms with van der Waals surface area (Å²) >= 11 is 11.8. The molecule has 0 fully saturated rings. The minimum atomic E-state index is -0.453. The second-order valence-electron chi connectivity index (χ2n) is 4.29. The summed E-state index contributed by atoms with van der Waals surface area (Å²) < 4.78 is 19.0. The summed E-state index contributed by atoms with van der Waals surface area (Å²) in [7, 11) is 0. The third-order valence-electron chi connectivity index (χ3n) is 2.85. The second kappa shape index (κ2) is 6.93. The standard InChI is InChI=1S/C15H14Cl2FNO/c16-12-4-5-14(10(8-12)6-7-19)20-9-11-2-1-3-13(18)15(11)17/h1-5,8H,6-7,9,19H2. The topological polar surface area (TPSA) is 35.2 Å². The summed E-state index contributed by atoms with van der Waals surface area (Å²) in [5.74, 6) is 0.228. The van der Waals surface area contributed by atoms with Crippen molar-refractivity contribution in [3.8, 4) is 5.75 Å². The number of halogens is 3. The van der Waals surface area contributed by atoms with Crippen molar-refractivity contribution in [2.45, 2.75) is 13.0 Å². The van der Waals surface area contributed by atoms with Gasteiger partial charge in [-0.1, -0.05) is 35.3 Å².